The van der Waals surface area contributed by atoms with Crippen molar-refractivity contribution in [3.05, 3.63) is 35.7 Å². The number of aromatic nitrogens is 3. The van der Waals surface area contributed by atoms with Gasteiger partial charge in [0.2, 0.25) is 0 Å². The van der Waals surface area contributed by atoms with E-state index in [-0.39, 0.29) is 11.7 Å². The van der Waals surface area contributed by atoms with Crippen molar-refractivity contribution in [2.24, 2.45) is 13.0 Å². The molecular weight excluding hydrogens is 358 g/mol. The van der Waals surface area contributed by atoms with Crippen molar-refractivity contribution in [3.8, 4) is 5.75 Å². The second-order valence-electron chi connectivity index (χ2n) is 6.44. The third-order valence-electron chi connectivity index (χ3n) is 4.30. The quantitative estimate of drug-likeness (QED) is 0.541. The van der Waals surface area contributed by atoms with Crippen LogP contribution in [0.2, 0.25) is 0 Å². The summed E-state index contributed by atoms with van der Waals surface area (Å²) >= 11 is 1.60. The lowest BCUT2D eigenvalue weighted by Gasteiger charge is -2.08. The molecule has 1 atom stereocenters. The average Bonchev–Trinajstić information content (AvgIpc) is 3.07. The number of hydrogen-bond donors (Lipinski definition) is 0. The van der Waals surface area contributed by atoms with Crippen LogP contribution in [0.3, 0.4) is 0 Å². The molecule has 1 aromatic heterocycles. The fourth-order valence-corrected chi connectivity index (χ4v) is 5.55. The largest absolute Gasteiger partial charge is 0.493 e. The molecule has 3 rings (SSSR count). The lowest BCUT2D eigenvalue weighted by molar-refractivity contribution is 0.343. The van der Waals surface area contributed by atoms with Crippen LogP contribution in [-0.2, 0) is 23.3 Å². The second kappa shape index (κ2) is 7.78. The van der Waals surface area contributed by atoms with Crippen LogP contribution in [0, 0.1) is 12.8 Å². The van der Waals surface area contributed by atoms with Crippen LogP contribution in [0.25, 0.3) is 0 Å². The van der Waals surface area contributed by atoms with Gasteiger partial charge in [0.05, 0.1) is 18.1 Å². The van der Waals surface area contributed by atoms with E-state index in [0.717, 1.165) is 28.9 Å². The molecule has 1 saturated heterocycles. The highest BCUT2D eigenvalue weighted by atomic mass is 32.2. The van der Waals surface area contributed by atoms with Gasteiger partial charge in [-0.1, -0.05) is 23.9 Å². The standard InChI is InChI=1S/C17H23N3O3S2/c1-13-4-3-5-15(10-13)23-7-8-24-17-19-18-16(20(17)2)11-14-6-9-25(21,22)12-14/h3-5,10,14H,6-9,11-12H2,1-2H3. The molecule has 0 radical (unpaired) electrons. The Kier molecular flexibility index (Phi) is 5.68. The smallest absolute Gasteiger partial charge is 0.191 e. The molecule has 25 heavy (non-hydrogen) atoms. The van der Waals surface area contributed by atoms with Crippen LogP contribution in [0.4, 0.5) is 0 Å². The predicted molar refractivity (Wildman–Crippen MR) is 98.9 cm³/mol. The highest BCUT2D eigenvalue weighted by molar-refractivity contribution is 7.99. The maximum absolute atomic E-state index is 11.6. The van der Waals surface area contributed by atoms with Crippen molar-refractivity contribution in [2.75, 3.05) is 23.9 Å². The predicted octanol–water partition coefficient (Wildman–Crippen LogP) is 2.27. The maximum Gasteiger partial charge on any atom is 0.191 e. The number of ether oxygens (including phenoxy) is 1. The summed E-state index contributed by atoms with van der Waals surface area (Å²) in [4.78, 5) is 0. The molecule has 0 aliphatic carbocycles. The molecule has 1 unspecified atom stereocenters. The monoisotopic (exact) mass is 381 g/mol. The normalized spacial score (nSPS) is 19.2. The van der Waals surface area contributed by atoms with Crippen molar-refractivity contribution in [1.29, 1.82) is 0 Å². The Hall–Kier alpha value is -1.54. The summed E-state index contributed by atoms with van der Waals surface area (Å²) in [5.41, 5.74) is 1.18. The molecule has 2 aromatic rings. The molecule has 8 heteroatoms. The number of sulfone groups is 1. The SMILES string of the molecule is Cc1cccc(OCCSc2nnc(CC3CCS(=O)(=O)C3)n2C)c1. The van der Waals surface area contributed by atoms with Gasteiger partial charge in [0.15, 0.2) is 15.0 Å². The molecule has 0 spiro atoms. The van der Waals surface area contributed by atoms with Gasteiger partial charge in [-0.05, 0) is 37.0 Å². The number of thioether (sulfide) groups is 1. The number of rotatable bonds is 7. The Balaban J connectivity index is 1.48. The summed E-state index contributed by atoms with van der Waals surface area (Å²) in [5.74, 6) is 3.24. The van der Waals surface area contributed by atoms with Gasteiger partial charge in [0.25, 0.3) is 0 Å². The number of nitrogens with zero attached hydrogens (tertiary/aromatic N) is 3. The van der Waals surface area contributed by atoms with E-state index in [1.807, 2.05) is 42.8 Å². The van der Waals surface area contributed by atoms with Gasteiger partial charge in [-0.3, -0.25) is 0 Å². The Labute approximate surface area is 152 Å². The van der Waals surface area contributed by atoms with Crippen molar-refractivity contribution >= 4 is 21.6 Å². The first-order chi connectivity index (χ1) is 11.9. The highest BCUT2D eigenvalue weighted by Gasteiger charge is 2.29. The minimum atomic E-state index is -2.85. The van der Waals surface area contributed by atoms with Gasteiger partial charge in [-0.25, -0.2) is 8.42 Å². The lowest BCUT2D eigenvalue weighted by atomic mass is 10.1. The van der Waals surface area contributed by atoms with Gasteiger partial charge in [0.1, 0.15) is 11.6 Å². The number of aryl methyl sites for hydroxylation is 1. The topological polar surface area (TPSA) is 74.1 Å². The summed E-state index contributed by atoms with van der Waals surface area (Å²) in [6.07, 6.45) is 1.39. The van der Waals surface area contributed by atoms with E-state index in [9.17, 15) is 8.42 Å². The highest BCUT2D eigenvalue weighted by Crippen LogP contribution is 2.23. The molecule has 0 bridgehead atoms. The first-order valence-corrected chi connectivity index (χ1v) is 11.1. The number of hydrogen-bond acceptors (Lipinski definition) is 6. The van der Waals surface area contributed by atoms with E-state index in [2.05, 4.69) is 10.2 Å². The molecule has 6 nitrogen and oxygen atoms in total. The third-order valence-corrected chi connectivity index (χ3v) is 7.12. The summed E-state index contributed by atoms with van der Waals surface area (Å²) in [6, 6.07) is 7.99. The molecule has 1 aromatic carbocycles. The van der Waals surface area contributed by atoms with Gasteiger partial charge in [-0.15, -0.1) is 10.2 Å². The van der Waals surface area contributed by atoms with Crippen LogP contribution in [-0.4, -0.2) is 47.0 Å². The summed E-state index contributed by atoms with van der Waals surface area (Å²) < 4.78 is 30.8. The van der Waals surface area contributed by atoms with Crippen LogP contribution < -0.4 is 4.74 Å². The maximum atomic E-state index is 11.6. The van der Waals surface area contributed by atoms with Gasteiger partial charge in [-0.2, -0.15) is 0 Å². The van der Waals surface area contributed by atoms with Gasteiger partial charge < -0.3 is 9.30 Å². The third kappa shape index (κ3) is 4.98. The van der Waals surface area contributed by atoms with Crippen molar-refractivity contribution in [2.45, 2.75) is 24.9 Å². The first kappa shape index (κ1) is 18.3. The zero-order chi connectivity index (χ0) is 17.9. The molecular formula is C17H23N3O3S2. The molecule has 2 heterocycles. The van der Waals surface area contributed by atoms with Crippen molar-refractivity contribution in [1.82, 2.24) is 14.8 Å². The average molecular weight is 382 g/mol. The van der Waals surface area contributed by atoms with Crippen molar-refractivity contribution in [3.63, 3.8) is 0 Å². The summed E-state index contributed by atoms with van der Waals surface area (Å²) in [6.45, 7) is 2.63. The van der Waals surface area contributed by atoms with E-state index in [0.29, 0.717) is 18.8 Å². The van der Waals surface area contributed by atoms with E-state index in [4.69, 9.17) is 4.74 Å². The Bertz CT molecular complexity index is 833. The van der Waals surface area contributed by atoms with Crippen molar-refractivity contribution < 1.29 is 13.2 Å². The Morgan fingerprint density at radius 1 is 1.36 bits per heavy atom. The van der Waals surface area contributed by atoms with Gasteiger partial charge >= 0.3 is 0 Å². The molecule has 1 fully saturated rings. The Morgan fingerprint density at radius 2 is 2.20 bits per heavy atom. The fraction of sp³-hybridized carbons (Fsp3) is 0.529. The zero-order valence-corrected chi connectivity index (χ0v) is 16.1. The molecule has 1 aliphatic rings. The van der Waals surface area contributed by atoms with Crippen LogP contribution in [0.5, 0.6) is 5.75 Å². The zero-order valence-electron chi connectivity index (χ0n) is 14.5. The van der Waals surface area contributed by atoms with Crippen LogP contribution in [0.1, 0.15) is 17.8 Å². The van der Waals surface area contributed by atoms with Crippen LogP contribution in [0.15, 0.2) is 29.4 Å². The minimum absolute atomic E-state index is 0.162. The Morgan fingerprint density at radius 3 is 2.92 bits per heavy atom. The van der Waals surface area contributed by atoms with E-state index in [1.165, 1.54) is 5.56 Å². The van der Waals surface area contributed by atoms with Crippen LogP contribution >= 0.6 is 11.8 Å². The molecule has 1 aliphatic heterocycles. The summed E-state index contributed by atoms with van der Waals surface area (Å²) in [5, 5.41) is 9.29. The number of benzene rings is 1. The van der Waals surface area contributed by atoms with E-state index >= 15 is 0 Å². The summed E-state index contributed by atoms with van der Waals surface area (Å²) in [7, 11) is -0.915. The van der Waals surface area contributed by atoms with E-state index in [1.54, 1.807) is 11.8 Å². The molecule has 0 N–H and O–H groups in total. The molecule has 136 valence electrons. The lowest BCUT2D eigenvalue weighted by Crippen LogP contribution is -2.11. The minimum Gasteiger partial charge on any atom is -0.493 e. The molecule has 0 saturated carbocycles. The van der Waals surface area contributed by atoms with E-state index < -0.39 is 9.84 Å². The second-order valence-corrected chi connectivity index (χ2v) is 9.74. The fourth-order valence-electron chi connectivity index (χ4n) is 2.94. The molecule has 0 amide bonds. The van der Waals surface area contributed by atoms with Gasteiger partial charge in [0, 0.05) is 19.2 Å². The first-order valence-electron chi connectivity index (χ1n) is 8.34.